The SMILES string of the molecule is CC(=O)OC1(N=O)CCOCC1. The molecule has 68 valence electrons. The van der Waals surface area contributed by atoms with E-state index in [1.54, 1.807) is 0 Å². The van der Waals surface area contributed by atoms with Crippen LogP contribution in [0.25, 0.3) is 0 Å². The number of nitroso groups, excluding NO2 is 1. The molecule has 0 aromatic heterocycles. The van der Waals surface area contributed by atoms with Crippen molar-refractivity contribution in [1.82, 2.24) is 0 Å². The van der Waals surface area contributed by atoms with Gasteiger partial charge in [0.15, 0.2) is 0 Å². The van der Waals surface area contributed by atoms with Crippen LogP contribution in [0.5, 0.6) is 0 Å². The fourth-order valence-corrected chi connectivity index (χ4v) is 1.17. The minimum atomic E-state index is -1.16. The largest absolute Gasteiger partial charge is 0.434 e. The third-order valence-corrected chi connectivity index (χ3v) is 1.77. The van der Waals surface area contributed by atoms with Crippen molar-refractivity contribution in [2.45, 2.75) is 25.5 Å². The molecule has 1 saturated heterocycles. The summed E-state index contributed by atoms with van der Waals surface area (Å²) in [5.41, 5.74) is -1.16. The zero-order chi connectivity index (χ0) is 9.03. The topological polar surface area (TPSA) is 65.0 Å². The summed E-state index contributed by atoms with van der Waals surface area (Å²) < 4.78 is 9.85. The van der Waals surface area contributed by atoms with E-state index in [1.807, 2.05) is 0 Å². The van der Waals surface area contributed by atoms with E-state index >= 15 is 0 Å². The predicted molar refractivity (Wildman–Crippen MR) is 40.3 cm³/mol. The first kappa shape index (κ1) is 9.12. The van der Waals surface area contributed by atoms with Gasteiger partial charge in [-0.05, 0) is 5.18 Å². The Morgan fingerprint density at radius 3 is 2.50 bits per heavy atom. The molecule has 0 aliphatic carbocycles. The van der Waals surface area contributed by atoms with Crippen molar-refractivity contribution in [1.29, 1.82) is 0 Å². The number of esters is 1. The molecular weight excluding hydrogens is 162 g/mol. The summed E-state index contributed by atoms with van der Waals surface area (Å²) >= 11 is 0. The number of ether oxygens (including phenoxy) is 2. The molecule has 1 aliphatic heterocycles. The number of rotatable bonds is 2. The summed E-state index contributed by atoms with van der Waals surface area (Å²) in [6.07, 6.45) is 0.714. The van der Waals surface area contributed by atoms with Gasteiger partial charge < -0.3 is 9.47 Å². The van der Waals surface area contributed by atoms with Gasteiger partial charge in [0.05, 0.1) is 13.2 Å². The quantitative estimate of drug-likeness (QED) is 0.458. The highest BCUT2D eigenvalue weighted by atomic mass is 16.6. The maximum absolute atomic E-state index is 10.6. The fraction of sp³-hybridized carbons (Fsp3) is 0.857. The lowest BCUT2D eigenvalue weighted by molar-refractivity contribution is -0.165. The molecule has 0 amide bonds. The number of nitrogens with zero attached hydrogens (tertiary/aromatic N) is 1. The first-order valence-corrected chi connectivity index (χ1v) is 3.80. The minimum Gasteiger partial charge on any atom is -0.434 e. The van der Waals surface area contributed by atoms with Gasteiger partial charge in [0.1, 0.15) is 0 Å². The van der Waals surface area contributed by atoms with E-state index in [0.717, 1.165) is 0 Å². The first-order valence-electron chi connectivity index (χ1n) is 3.80. The van der Waals surface area contributed by atoms with E-state index in [0.29, 0.717) is 26.1 Å². The van der Waals surface area contributed by atoms with Gasteiger partial charge in [0.2, 0.25) is 5.72 Å². The summed E-state index contributed by atoms with van der Waals surface area (Å²) in [5.74, 6) is -0.475. The molecule has 0 radical (unpaired) electrons. The molecule has 1 rings (SSSR count). The Kier molecular flexibility index (Phi) is 2.75. The fourth-order valence-electron chi connectivity index (χ4n) is 1.17. The van der Waals surface area contributed by atoms with Gasteiger partial charge in [0, 0.05) is 19.8 Å². The van der Waals surface area contributed by atoms with Crippen LogP contribution in [0.15, 0.2) is 5.18 Å². The number of carbonyl (C=O) groups is 1. The molecular formula is C7H11NO4. The van der Waals surface area contributed by atoms with Crippen molar-refractivity contribution in [3.05, 3.63) is 4.91 Å². The summed E-state index contributed by atoms with van der Waals surface area (Å²) in [5, 5.41) is 2.85. The van der Waals surface area contributed by atoms with Crippen molar-refractivity contribution in [3.8, 4) is 0 Å². The predicted octanol–water partition coefficient (Wildman–Crippen LogP) is 0.823. The molecule has 5 heteroatoms. The number of carbonyl (C=O) groups excluding carboxylic acids is 1. The van der Waals surface area contributed by atoms with Gasteiger partial charge >= 0.3 is 5.97 Å². The van der Waals surface area contributed by atoms with E-state index in [2.05, 4.69) is 5.18 Å². The minimum absolute atomic E-state index is 0.357. The van der Waals surface area contributed by atoms with E-state index in [-0.39, 0.29) is 0 Å². The Balaban J connectivity index is 2.59. The third kappa shape index (κ3) is 2.01. The number of hydrogen-bond donors (Lipinski definition) is 0. The molecule has 1 aliphatic rings. The second-order valence-corrected chi connectivity index (χ2v) is 2.74. The van der Waals surface area contributed by atoms with Crippen LogP contribution in [0.3, 0.4) is 0 Å². The van der Waals surface area contributed by atoms with Gasteiger partial charge in [-0.3, -0.25) is 4.79 Å². The van der Waals surface area contributed by atoms with Crippen molar-refractivity contribution in [2.24, 2.45) is 5.18 Å². The van der Waals surface area contributed by atoms with Gasteiger partial charge in [-0.15, -0.1) is 4.91 Å². The Morgan fingerprint density at radius 1 is 1.50 bits per heavy atom. The maximum Gasteiger partial charge on any atom is 0.304 e. The van der Waals surface area contributed by atoms with Crippen LogP contribution in [0.4, 0.5) is 0 Å². The van der Waals surface area contributed by atoms with Crippen LogP contribution in [-0.4, -0.2) is 24.9 Å². The normalized spacial score (nSPS) is 21.4. The summed E-state index contributed by atoms with van der Waals surface area (Å²) in [6, 6.07) is 0. The van der Waals surface area contributed by atoms with Crippen molar-refractivity contribution in [2.75, 3.05) is 13.2 Å². The standard InChI is InChI=1S/C7H11NO4/c1-6(9)12-7(8-10)2-4-11-5-3-7/h2-5H2,1H3. The van der Waals surface area contributed by atoms with E-state index in [4.69, 9.17) is 9.47 Å². The van der Waals surface area contributed by atoms with Crippen molar-refractivity contribution >= 4 is 5.97 Å². The van der Waals surface area contributed by atoms with Crippen LogP contribution in [0.1, 0.15) is 19.8 Å². The van der Waals surface area contributed by atoms with Crippen molar-refractivity contribution < 1.29 is 14.3 Å². The Labute approximate surface area is 70.0 Å². The lowest BCUT2D eigenvalue weighted by Gasteiger charge is -2.29. The first-order chi connectivity index (χ1) is 5.68. The highest BCUT2D eigenvalue weighted by molar-refractivity contribution is 5.66. The molecule has 0 atom stereocenters. The molecule has 1 heterocycles. The van der Waals surface area contributed by atoms with Crippen LogP contribution in [0, 0.1) is 4.91 Å². The molecule has 0 saturated carbocycles. The molecule has 0 bridgehead atoms. The summed E-state index contributed by atoms with van der Waals surface area (Å²) in [4.78, 5) is 21.0. The molecule has 12 heavy (non-hydrogen) atoms. The van der Waals surface area contributed by atoms with Crippen LogP contribution in [0.2, 0.25) is 0 Å². The third-order valence-electron chi connectivity index (χ3n) is 1.77. The highest BCUT2D eigenvalue weighted by Crippen LogP contribution is 2.26. The molecule has 0 aromatic rings. The average Bonchev–Trinajstić information content (AvgIpc) is 2.05. The Hall–Kier alpha value is -0.970. The van der Waals surface area contributed by atoms with E-state index in [1.165, 1.54) is 6.92 Å². The highest BCUT2D eigenvalue weighted by Gasteiger charge is 2.37. The van der Waals surface area contributed by atoms with Crippen LogP contribution < -0.4 is 0 Å². The monoisotopic (exact) mass is 173 g/mol. The second-order valence-electron chi connectivity index (χ2n) is 2.74. The van der Waals surface area contributed by atoms with Crippen LogP contribution >= 0.6 is 0 Å². The summed E-state index contributed by atoms with van der Waals surface area (Å²) in [7, 11) is 0. The molecule has 0 aromatic carbocycles. The zero-order valence-electron chi connectivity index (χ0n) is 6.91. The Morgan fingerprint density at radius 2 is 2.08 bits per heavy atom. The summed E-state index contributed by atoms with van der Waals surface area (Å²) in [6.45, 7) is 2.10. The molecule has 0 N–H and O–H groups in total. The van der Waals surface area contributed by atoms with Crippen molar-refractivity contribution in [3.63, 3.8) is 0 Å². The van der Waals surface area contributed by atoms with Crippen LogP contribution in [-0.2, 0) is 14.3 Å². The van der Waals surface area contributed by atoms with E-state index < -0.39 is 11.7 Å². The zero-order valence-corrected chi connectivity index (χ0v) is 6.91. The lowest BCUT2D eigenvalue weighted by Crippen LogP contribution is -2.38. The molecule has 0 spiro atoms. The number of hydrogen-bond acceptors (Lipinski definition) is 5. The second kappa shape index (κ2) is 3.62. The molecule has 0 unspecified atom stereocenters. The molecule has 1 fully saturated rings. The molecule has 5 nitrogen and oxygen atoms in total. The van der Waals surface area contributed by atoms with Gasteiger partial charge in [-0.1, -0.05) is 0 Å². The maximum atomic E-state index is 10.6. The van der Waals surface area contributed by atoms with Gasteiger partial charge in [0.25, 0.3) is 0 Å². The van der Waals surface area contributed by atoms with E-state index in [9.17, 15) is 9.70 Å². The van der Waals surface area contributed by atoms with Gasteiger partial charge in [-0.25, -0.2) is 0 Å². The lowest BCUT2D eigenvalue weighted by atomic mass is 10.1. The smallest absolute Gasteiger partial charge is 0.304 e. The average molecular weight is 173 g/mol. The van der Waals surface area contributed by atoms with Gasteiger partial charge in [-0.2, -0.15) is 0 Å². The Bertz CT molecular complexity index is 186.